The quantitative estimate of drug-likeness (QED) is 0.866. The van der Waals surface area contributed by atoms with E-state index in [2.05, 4.69) is 4.98 Å². The molecule has 2 aromatic heterocycles. The molecule has 0 saturated heterocycles. The molecule has 0 aliphatic rings. The van der Waals surface area contributed by atoms with Crippen LogP contribution >= 0.6 is 11.3 Å². The topological polar surface area (TPSA) is 38.9 Å². The van der Waals surface area contributed by atoms with E-state index >= 15 is 0 Å². The maximum atomic E-state index is 12.9. The molecule has 2 heterocycles. The molecule has 0 radical (unpaired) electrons. The number of nitrogens with zero attached hydrogens (tertiary/aromatic N) is 1. The number of hydrogen-bond donors (Lipinski definition) is 1. The Morgan fingerprint density at radius 3 is 3.00 bits per heavy atom. The molecule has 15 heavy (non-hydrogen) atoms. The SMILES string of the molecule is NC(Cc1cccs1)c1cncc(F)c1. The third kappa shape index (κ3) is 2.61. The molecule has 0 spiro atoms. The lowest BCUT2D eigenvalue weighted by Crippen LogP contribution is -2.13. The van der Waals surface area contributed by atoms with Crippen molar-refractivity contribution in [3.05, 3.63) is 52.2 Å². The van der Waals surface area contributed by atoms with Gasteiger partial charge in [-0.05, 0) is 23.1 Å². The second-order valence-corrected chi connectivity index (χ2v) is 4.36. The Morgan fingerprint density at radius 1 is 1.47 bits per heavy atom. The fourth-order valence-electron chi connectivity index (χ4n) is 1.39. The van der Waals surface area contributed by atoms with E-state index in [0.717, 1.165) is 12.0 Å². The number of halogens is 1. The molecule has 0 fully saturated rings. The lowest BCUT2D eigenvalue weighted by atomic mass is 10.1. The van der Waals surface area contributed by atoms with Gasteiger partial charge in [0.05, 0.1) is 6.20 Å². The Kier molecular flexibility index (Phi) is 3.08. The van der Waals surface area contributed by atoms with Crippen LogP contribution < -0.4 is 5.73 Å². The van der Waals surface area contributed by atoms with Crippen LogP contribution in [0.3, 0.4) is 0 Å². The van der Waals surface area contributed by atoms with Crippen LogP contribution in [-0.2, 0) is 6.42 Å². The molecule has 0 aliphatic carbocycles. The number of nitrogens with two attached hydrogens (primary N) is 1. The van der Waals surface area contributed by atoms with Gasteiger partial charge in [-0.2, -0.15) is 0 Å². The first-order chi connectivity index (χ1) is 7.25. The average molecular weight is 222 g/mol. The Hall–Kier alpha value is -1.26. The number of rotatable bonds is 3. The van der Waals surface area contributed by atoms with Crippen molar-refractivity contribution in [1.82, 2.24) is 4.98 Å². The van der Waals surface area contributed by atoms with Crippen LogP contribution in [0.15, 0.2) is 36.0 Å². The lowest BCUT2D eigenvalue weighted by Gasteiger charge is -2.09. The summed E-state index contributed by atoms with van der Waals surface area (Å²) in [6.45, 7) is 0. The first-order valence-electron chi connectivity index (χ1n) is 4.64. The van der Waals surface area contributed by atoms with Crippen LogP contribution in [0.5, 0.6) is 0 Å². The minimum absolute atomic E-state index is 0.188. The predicted molar refractivity (Wildman–Crippen MR) is 59.1 cm³/mol. The maximum absolute atomic E-state index is 12.9. The predicted octanol–water partition coefficient (Wildman–Crippen LogP) is 2.52. The molecule has 78 valence electrons. The number of pyridine rings is 1. The van der Waals surface area contributed by atoms with Crippen molar-refractivity contribution in [2.24, 2.45) is 5.73 Å². The third-order valence-corrected chi connectivity index (χ3v) is 3.05. The molecular formula is C11H11FN2S. The van der Waals surface area contributed by atoms with E-state index in [0.29, 0.717) is 0 Å². The smallest absolute Gasteiger partial charge is 0.141 e. The summed E-state index contributed by atoms with van der Waals surface area (Å²) in [7, 11) is 0. The molecular weight excluding hydrogens is 211 g/mol. The van der Waals surface area contributed by atoms with Crippen molar-refractivity contribution in [2.75, 3.05) is 0 Å². The van der Waals surface area contributed by atoms with Gasteiger partial charge < -0.3 is 5.73 Å². The van der Waals surface area contributed by atoms with Gasteiger partial charge in [-0.15, -0.1) is 11.3 Å². The molecule has 2 nitrogen and oxygen atoms in total. The first kappa shape index (κ1) is 10.3. The third-order valence-electron chi connectivity index (χ3n) is 2.16. The molecule has 1 unspecified atom stereocenters. The Labute approximate surface area is 91.6 Å². The van der Waals surface area contributed by atoms with E-state index < -0.39 is 0 Å². The maximum Gasteiger partial charge on any atom is 0.141 e. The van der Waals surface area contributed by atoms with E-state index in [9.17, 15) is 4.39 Å². The minimum atomic E-state index is -0.339. The van der Waals surface area contributed by atoms with Gasteiger partial charge in [-0.3, -0.25) is 4.98 Å². The highest BCUT2D eigenvalue weighted by atomic mass is 32.1. The first-order valence-corrected chi connectivity index (χ1v) is 5.52. The summed E-state index contributed by atoms with van der Waals surface area (Å²) in [6, 6.07) is 5.26. The van der Waals surface area contributed by atoms with Crippen molar-refractivity contribution in [1.29, 1.82) is 0 Å². The molecule has 0 bridgehead atoms. The highest BCUT2D eigenvalue weighted by molar-refractivity contribution is 7.09. The molecule has 0 amide bonds. The summed E-state index contributed by atoms with van der Waals surface area (Å²) in [6.07, 6.45) is 3.52. The summed E-state index contributed by atoms with van der Waals surface area (Å²) >= 11 is 1.66. The van der Waals surface area contributed by atoms with Crippen molar-refractivity contribution < 1.29 is 4.39 Å². The second-order valence-electron chi connectivity index (χ2n) is 3.33. The number of thiophene rings is 1. The van der Waals surface area contributed by atoms with Crippen molar-refractivity contribution >= 4 is 11.3 Å². The highest BCUT2D eigenvalue weighted by Gasteiger charge is 2.08. The highest BCUT2D eigenvalue weighted by Crippen LogP contribution is 2.18. The zero-order chi connectivity index (χ0) is 10.7. The number of hydrogen-bond acceptors (Lipinski definition) is 3. The van der Waals surface area contributed by atoms with E-state index in [1.165, 1.54) is 17.1 Å². The Balaban J connectivity index is 2.11. The molecule has 0 saturated carbocycles. The molecule has 4 heteroatoms. The van der Waals surface area contributed by atoms with Crippen LogP contribution in [0.25, 0.3) is 0 Å². The van der Waals surface area contributed by atoms with Crippen LogP contribution in [0.4, 0.5) is 4.39 Å². The van der Waals surface area contributed by atoms with Gasteiger partial charge in [0.15, 0.2) is 0 Å². The van der Waals surface area contributed by atoms with Crippen molar-refractivity contribution in [3.63, 3.8) is 0 Å². The molecule has 0 aromatic carbocycles. The standard InChI is InChI=1S/C11H11FN2S/c12-9-4-8(6-14-7-9)11(13)5-10-2-1-3-15-10/h1-4,6-7,11H,5,13H2. The summed E-state index contributed by atoms with van der Waals surface area (Å²) in [4.78, 5) is 4.98. The molecule has 0 aliphatic heterocycles. The van der Waals surface area contributed by atoms with E-state index in [1.807, 2.05) is 17.5 Å². The Morgan fingerprint density at radius 2 is 2.33 bits per heavy atom. The van der Waals surface area contributed by atoms with E-state index in [1.54, 1.807) is 17.5 Å². The van der Waals surface area contributed by atoms with Gasteiger partial charge in [-0.1, -0.05) is 6.07 Å². The summed E-state index contributed by atoms with van der Waals surface area (Å²) < 4.78 is 12.9. The fraction of sp³-hybridized carbons (Fsp3) is 0.182. The van der Waals surface area contributed by atoms with E-state index in [-0.39, 0.29) is 11.9 Å². The molecule has 2 N–H and O–H groups in total. The van der Waals surface area contributed by atoms with Gasteiger partial charge in [0, 0.05) is 23.5 Å². The second kappa shape index (κ2) is 4.51. The largest absolute Gasteiger partial charge is 0.324 e. The van der Waals surface area contributed by atoms with Crippen LogP contribution in [0.1, 0.15) is 16.5 Å². The van der Waals surface area contributed by atoms with Crippen LogP contribution in [0, 0.1) is 5.82 Å². The van der Waals surface area contributed by atoms with Gasteiger partial charge in [0.25, 0.3) is 0 Å². The van der Waals surface area contributed by atoms with Crippen molar-refractivity contribution in [3.8, 4) is 0 Å². The van der Waals surface area contributed by atoms with Crippen LogP contribution in [-0.4, -0.2) is 4.98 Å². The Bertz CT molecular complexity index is 428. The van der Waals surface area contributed by atoms with Gasteiger partial charge >= 0.3 is 0 Å². The van der Waals surface area contributed by atoms with Gasteiger partial charge in [-0.25, -0.2) is 4.39 Å². The summed E-state index contributed by atoms with van der Waals surface area (Å²) in [5.41, 5.74) is 6.69. The van der Waals surface area contributed by atoms with Crippen LogP contribution in [0.2, 0.25) is 0 Å². The summed E-state index contributed by atoms with van der Waals surface area (Å²) in [5, 5.41) is 2.01. The zero-order valence-corrected chi connectivity index (χ0v) is 8.88. The van der Waals surface area contributed by atoms with Gasteiger partial charge in [0.2, 0.25) is 0 Å². The number of aromatic nitrogens is 1. The fourth-order valence-corrected chi connectivity index (χ4v) is 2.16. The average Bonchev–Trinajstić information content (AvgIpc) is 2.70. The van der Waals surface area contributed by atoms with E-state index in [4.69, 9.17) is 5.73 Å². The normalized spacial score (nSPS) is 12.7. The summed E-state index contributed by atoms with van der Waals surface area (Å²) in [5.74, 6) is -0.339. The minimum Gasteiger partial charge on any atom is -0.324 e. The molecule has 1 atom stereocenters. The monoisotopic (exact) mass is 222 g/mol. The molecule has 2 rings (SSSR count). The van der Waals surface area contributed by atoms with Gasteiger partial charge in [0.1, 0.15) is 5.82 Å². The lowest BCUT2D eigenvalue weighted by molar-refractivity contribution is 0.611. The molecule has 2 aromatic rings. The zero-order valence-electron chi connectivity index (χ0n) is 8.06. The van der Waals surface area contributed by atoms with Crippen molar-refractivity contribution in [2.45, 2.75) is 12.5 Å².